The normalized spacial score (nSPS) is 30.5. The molecule has 1 rings (SSSR count). The molecule has 0 aliphatic carbocycles. The second-order valence-corrected chi connectivity index (χ2v) is 8.36. The molecule has 1 heterocycles. The summed E-state index contributed by atoms with van der Waals surface area (Å²) >= 11 is 0. The number of ether oxygens (including phenoxy) is 3. The van der Waals surface area contributed by atoms with Crippen LogP contribution in [0, 0.1) is 0 Å². The number of rotatable bonds is 13. The first-order valence-corrected chi connectivity index (χ1v) is 10.9. The van der Waals surface area contributed by atoms with Gasteiger partial charge in [-0.25, -0.2) is 0 Å². The maximum atomic E-state index is 11.7. The molecule has 0 radical (unpaired) electrons. The maximum absolute atomic E-state index is 11.7. The summed E-state index contributed by atoms with van der Waals surface area (Å²) in [6.45, 7) is 3.28. The van der Waals surface area contributed by atoms with Crippen LogP contribution >= 0.6 is 0 Å². The third-order valence-corrected chi connectivity index (χ3v) is 5.40. The van der Waals surface area contributed by atoms with Crippen molar-refractivity contribution in [2.24, 2.45) is 0 Å². The molecule has 1 fully saturated rings. The van der Waals surface area contributed by atoms with Gasteiger partial charge in [-0.15, -0.1) is 0 Å². The van der Waals surface area contributed by atoms with Crippen LogP contribution in [-0.4, -0.2) is 135 Å². The van der Waals surface area contributed by atoms with E-state index in [1.54, 1.807) is 6.92 Å². The molecular weight excluding hydrogens is 460 g/mol. The molecule has 0 aromatic heterocycles. The number of carbonyl (C=O) groups is 2. The highest BCUT2D eigenvalue weighted by Gasteiger charge is 2.45. The maximum Gasteiger partial charge on any atom is 0.217 e. The molecule has 0 bridgehead atoms. The zero-order valence-corrected chi connectivity index (χ0v) is 19.6. The van der Waals surface area contributed by atoms with Crippen LogP contribution in [0.25, 0.3) is 0 Å². The molecule has 2 amide bonds. The molecule has 200 valence electrons. The molecule has 1 aliphatic heterocycles. The molecule has 11 atom stereocenters. The van der Waals surface area contributed by atoms with E-state index in [1.165, 1.54) is 13.8 Å². The Kier molecular flexibility index (Phi) is 12.8. The summed E-state index contributed by atoms with van der Waals surface area (Å²) in [5.41, 5.74) is 0. The van der Waals surface area contributed by atoms with Crippen molar-refractivity contribution in [1.29, 1.82) is 0 Å². The third-order valence-electron chi connectivity index (χ3n) is 5.40. The van der Waals surface area contributed by atoms with E-state index in [0.29, 0.717) is 0 Å². The van der Waals surface area contributed by atoms with Crippen LogP contribution in [0.3, 0.4) is 0 Å². The van der Waals surface area contributed by atoms with E-state index in [0.717, 1.165) is 6.92 Å². The Bertz CT molecular complexity index is 639. The van der Waals surface area contributed by atoms with Gasteiger partial charge in [0.2, 0.25) is 11.8 Å². The quantitative estimate of drug-likeness (QED) is 0.109. The summed E-state index contributed by atoms with van der Waals surface area (Å²) in [6, 6.07) is -2.17. The largest absolute Gasteiger partial charge is 0.394 e. The predicted octanol–water partition coefficient (Wildman–Crippen LogP) is -4.68. The Morgan fingerprint density at radius 2 is 1.71 bits per heavy atom. The van der Waals surface area contributed by atoms with Crippen molar-refractivity contribution in [2.45, 2.75) is 94.9 Å². The predicted molar refractivity (Wildman–Crippen MR) is 114 cm³/mol. The average Bonchev–Trinajstić information content (AvgIpc) is 2.76. The van der Waals surface area contributed by atoms with E-state index in [-0.39, 0.29) is 0 Å². The van der Waals surface area contributed by atoms with Crippen molar-refractivity contribution in [3.05, 3.63) is 0 Å². The van der Waals surface area contributed by atoms with Gasteiger partial charge in [-0.2, -0.15) is 0 Å². The average molecular weight is 499 g/mol. The van der Waals surface area contributed by atoms with Crippen LogP contribution in [0.2, 0.25) is 0 Å². The van der Waals surface area contributed by atoms with Crippen LogP contribution in [0.5, 0.6) is 0 Å². The number of hydrogen-bond donors (Lipinski definition) is 9. The van der Waals surface area contributed by atoms with Gasteiger partial charge in [0.05, 0.1) is 38.0 Å². The van der Waals surface area contributed by atoms with Gasteiger partial charge in [0.15, 0.2) is 6.29 Å². The van der Waals surface area contributed by atoms with E-state index < -0.39 is 98.8 Å². The Morgan fingerprint density at radius 1 is 1.09 bits per heavy atom. The molecule has 1 saturated heterocycles. The topological polar surface area (TPSA) is 227 Å². The lowest BCUT2D eigenvalue weighted by Gasteiger charge is -2.44. The number of hydrogen-bond acceptors (Lipinski definition) is 12. The van der Waals surface area contributed by atoms with Gasteiger partial charge < -0.3 is 60.6 Å². The lowest BCUT2D eigenvalue weighted by Crippen LogP contribution is -2.64. The van der Waals surface area contributed by atoms with E-state index >= 15 is 0 Å². The van der Waals surface area contributed by atoms with Crippen LogP contribution in [0.4, 0.5) is 0 Å². The number of aliphatic hydroxyl groups excluding tert-OH is 7. The molecule has 0 saturated carbocycles. The van der Waals surface area contributed by atoms with E-state index in [2.05, 4.69) is 10.6 Å². The minimum absolute atomic E-state index is 0.429. The fourth-order valence-electron chi connectivity index (χ4n) is 3.64. The molecule has 5 unspecified atom stereocenters. The zero-order valence-electron chi connectivity index (χ0n) is 19.6. The van der Waals surface area contributed by atoms with Crippen molar-refractivity contribution in [3.8, 4) is 0 Å². The molecular formula is C20H38N2O12. The first kappa shape index (κ1) is 30.6. The first-order valence-electron chi connectivity index (χ1n) is 10.9. The second-order valence-electron chi connectivity index (χ2n) is 8.36. The minimum Gasteiger partial charge on any atom is -0.394 e. The molecule has 14 nitrogen and oxygen atoms in total. The standard InChI is InChI=1S/C20H38N2O12/c1-8(25)20(31)34-18(13(28)5-23)16(29)12(21-10(3)26)7-32-19-14(6-24)33-9(2)15(17(19)30)22-11(4)27/h8-9,12-20,23-25,28-31H,5-7H2,1-4H3,(H,21,26)(H,22,27)/t8?,9-,12?,13?,14?,15+,16+,17?,18+,19+,20-/m0/s1. The second kappa shape index (κ2) is 14.2. The molecule has 1 aliphatic rings. The van der Waals surface area contributed by atoms with Crippen molar-refractivity contribution in [2.75, 3.05) is 19.8 Å². The van der Waals surface area contributed by atoms with E-state index in [1.807, 2.05) is 0 Å². The Morgan fingerprint density at radius 3 is 2.18 bits per heavy atom. The molecule has 0 aromatic carbocycles. The van der Waals surface area contributed by atoms with Gasteiger partial charge in [-0.3, -0.25) is 9.59 Å². The lowest BCUT2D eigenvalue weighted by atomic mass is 9.93. The molecule has 34 heavy (non-hydrogen) atoms. The summed E-state index contributed by atoms with van der Waals surface area (Å²) in [4.78, 5) is 23.2. The highest BCUT2D eigenvalue weighted by molar-refractivity contribution is 5.73. The smallest absolute Gasteiger partial charge is 0.217 e. The number of nitrogens with one attached hydrogen (secondary N) is 2. The SMILES string of the molecule is CC(=O)NC(CO[C@@H]1C(CO)O[C@@H](C)[C@@H](NC(C)=O)C1O)[C@@H](O)[C@H](O[C@H](O)C(C)O)C(O)CO. The lowest BCUT2D eigenvalue weighted by molar-refractivity contribution is -0.236. The van der Waals surface area contributed by atoms with Gasteiger partial charge in [0, 0.05) is 13.8 Å². The van der Waals surface area contributed by atoms with Crippen LogP contribution in [0.15, 0.2) is 0 Å². The van der Waals surface area contributed by atoms with Gasteiger partial charge in [-0.05, 0) is 13.8 Å². The number of amides is 2. The third kappa shape index (κ3) is 8.64. The van der Waals surface area contributed by atoms with Crippen molar-refractivity contribution in [3.63, 3.8) is 0 Å². The van der Waals surface area contributed by atoms with Crippen LogP contribution in [-0.2, 0) is 23.8 Å². The highest BCUT2D eigenvalue weighted by Crippen LogP contribution is 2.24. The number of aliphatic hydroxyl groups is 7. The molecule has 0 aromatic rings. The monoisotopic (exact) mass is 498 g/mol. The van der Waals surface area contributed by atoms with E-state index in [9.17, 15) is 45.3 Å². The summed E-state index contributed by atoms with van der Waals surface area (Å²) in [7, 11) is 0. The fraction of sp³-hybridized carbons (Fsp3) is 0.900. The molecule has 14 heteroatoms. The number of carbonyl (C=O) groups excluding carboxylic acids is 2. The van der Waals surface area contributed by atoms with Crippen LogP contribution in [0.1, 0.15) is 27.7 Å². The van der Waals surface area contributed by atoms with Gasteiger partial charge in [0.1, 0.15) is 42.7 Å². The zero-order chi connectivity index (χ0) is 26.2. The minimum atomic E-state index is -1.83. The Labute approximate surface area is 197 Å². The summed E-state index contributed by atoms with van der Waals surface area (Å²) in [6.07, 6.45) is -12.5. The fourth-order valence-corrected chi connectivity index (χ4v) is 3.64. The first-order chi connectivity index (χ1) is 15.8. The van der Waals surface area contributed by atoms with Gasteiger partial charge in [-0.1, -0.05) is 0 Å². The van der Waals surface area contributed by atoms with Crippen molar-refractivity contribution in [1.82, 2.24) is 10.6 Å². The molecule has 9 N–H and O–H groups in total. The Hall–Kier alpha value is -1.46. The summed E-state index contributed by atoms with van der Waals surface area (Å²) < 4.78 is 16.4. The van der Waals surface area contributed by atoms with E-state index in [4.69, 9.17) is 14.2 Å². The van der Waals surface area contributed by atoms with Gasteiger partial charge in [0.25, 0.3) is 0 Å². The van der Waals surface area contributed by atoms with Crippen LogP contribution < -0.4 is 10.6 Å². The van der Waals surface area contributed by atoms with Gasteiger partial charge >= 0.3 is 0 Å². The molecule has 0 spiro atoms. The highest BCUT2D eigenvalue weighted by atomic mass is 16.6. The van der Waals surface area contributed by atoms with Crippen molar-refractivity contribution < 1.29 is 59.5 Å². The summed E-state index contributed by atoms with van der Waals surface area (Å²) in [5.74, 6) is -1.04. The Balaban J connectivity index is 3.08. The summed E-state index contributed by atoms with van der Waals surface area (Å²) in [5, 5.41) is 74.8. The van der Waals surface area contributed by atoms with Crippen molar-refractivity contribution >= 4 is 11.8 Å².